The molecule has 2 aliphatic heterocycles. The van der Waals surface area contributed by atoms with Crippen molar-refractivity contribution >= 4 is 30.8 Å². The molecule has 1 aromatic carbocycles. The van der Waals surface area contributed by atoms with E-state index >= 15 is 0 Å². The number of fused-ring (bicyclic) bond motifs is 1. The zero-order valence-electron chi connectivity index (χ0n) is 19.5. The summed E-state index contributed by atoms with van der Waals surface area (Å²) < 4.78 is 17.7. The van der Waals surface area contributed by atoms with Gasteiger partial charge in [0.25, 0.3) is 0 Å². The molecule has 15 nitrogen and oxygen atoms in total. The highest BCUT2D eigenvalue weighted by Crippen LogP contribution is 2.41. The van der Waals surface area contributed by atoms with Gasteiger partial charge in [-0.1, -0.05) is 0 Å². The van der Waals surface area contributed by atoms with Crippen molar-refractivity contribution in [3.8, 4) is 17.2 Å². The van der Waals surface area contributed by atoms with Gasteiger partial charge in [0.1, 0.15) is 24.0 Å². The maximum Gasteiger partial charge on any atom is 0.547 e. The van der Waals surface area contributed by atoms with Crippen molar-refractivity contribution in [1.29, 1.82) is 0 Å². The molecule has 3 amide bonds. The Morgan fingerprint density at radius 2 is 1.92 bits per heavy atom. The van der Waals surface area contributed by atoms with E-state index in [9.17, 15) is 54.1 Å². The van der Waals surface area contributed by atoms with Crippen molar-refractivity contribution in [2.75, 3.05) is 26.3 Å². The highest BCUT2D eigenvalue weighted by atomic mass is 19.1. The second-order valence-corrected chi connectivity index (χ2v) is 8.48. The average Bonchev–Trinajstić information content (AvgIpc) is 2.82. The fraction of sp³-hybridized carbons (Fsp3) is 0.500. The average molecular weight is 528 g/mol. The van der Waals surface area contributed by atoms with E-state index in [1.165, 1.54) is 6.92 Å². The Morgan fingerprint density at radius 1 is 1.24 bits per heavy atom. The molecular weight excluding hydrogens is 502 g/mol. The topological polar surface area (TPSA) is 229 Å². The van der Waals surface area contributed by atoms with Gasteiger partial charge in [0.15, 0.2) is 17.9 Å². The Labute approximate surface area is 209 Å². The van der Waals surface area contributed by atoms with Crippen LogP contribution in [-0.2, 0) is 20.8 Å². The number of hydrogen-bond donors (Lipinski definition) is 8. The minimum atomic E-state index is -1.89. The molecule has 17 heteroatoms. The molecule has 4 atom stereocenters. The molecule has 2 heterocycles. The van der Waals surface area contributed by atoms with Crippen LogP contribution in [0.1, 0.15) is 22.8 Å². The highest BCUT2D eigenvalue weighted by molar-refractivity contribution is 6.47. The summed E-state index contributed by atoms with van der Waals surface area (Å²) in [7, 11) is -1.80. The number of aliphatic hydroxyl groups excluding tert-OH is 2. The van der Waals surface area contributed by atoms with Crippen LogP contribution in [-0.4, -0.2) is 122 Å². The first-order valence-electron chi connectivity index (χ1n) is 11.1. The third kappa shape index (κ3) is 5.69. The van der Waals surface area contributed by atoms with Crippen molar-refractivity contribution in [3.63, 3.8) is 0 Å². The third-order valence-corrected chi connectivity index (χ3v) is 5.96. The standard InChI is InChI=1S/C20H26BFN4O11/c1-8(27)13(24-20(35)26-5-4-25(3-2-22)17(31)18(26)32)16(30)23-11-7-9-6-10(28)14(29)12(19(33)34)15(9)37-21(11)36/h6,8,11,13,20,24,27-29,35-36H,2-5,7H2,1H3,(H,23,30)(H,33,34)/t8-,11+,13-,20?/m1/s1. The van der Waals surface area contributed by atoms with Crippen molar-refractivity contribution in [3.05, 3.63) is 17.2 Å². The minimum absolute atomic E-state index is 0.0418. The largest absolute Gasteiger partial charge is 0.547 e. The number of amides is 3. The van der Waals surface area contributed by atoms with E-state index in [2.05, 4.69) is 10.6 Å². The van der Waals surface area contributed by atoms with Crippen molar-refractivity contribution < 1.29 is 58.8 Å². The Balaban J connectivity index is 1.72. The van der Waals surface area contributed by atoms with E-state index in [4.69, 9.17) is 4.65 Å². The molecule has 1 fully saturated rings. The van der Waals surface area contributed by atoms with Crippen LogP contribution in [0.15, 0.2) is 6.07 Å². The van der Waals surface area contributed by atoms with Crippen LogP contribution in [0.25, 0.3) is 0 Å². The zero-order valence-corrected chi connectivity index (χ0v) is 19.5. The number of nitrogens with zero attached hydrogens (tertiary/aromatic N) is 2. The summed E-state index contributed by atoms with van der Waals surface area (Å²) in [5, 5.41) is 64.6. The van der Waals surface area contributed by atoms with Crippen molar-refractivity contribution in [2.24, 2.45) is 0 Å². The number of hydrogen-bond acceptors (Lipinski definition) is 11. The predicted molar refractivity (Wildman–Crippen MR) is 120 cm³/mol. The molecule has 0 aromatic heterocycles. The molecule has 8 N–H and O–H groups in total. The molecule has 37 heavy (non-hydrogen) atoms. The van der Waals surface area contributed by atoms with E-state index in [1.807, 2.05) is 0 Å². The van der Waals surface area contributed by atoms with Crippen LogP contribution >= 0.6 is 0 Å². The first-order chi connectivity index (χ1) is 17.4. The number of aromatic hydroxyl groups is 2. The molecule has 1 unspecified atom stereocenters. The number of carboxylic acids is 1. The van der Waals surface area contributed by atoms with E-state index in [1.54, 1.807) is 0 Å². The third-order valence-electron chi connectivity index (χ3n) is 5.96. The van der Waals surface area contributed by atoms with E-state index in [0.29, 0.717) is 4.90 Å². The molecule has 0 bridgehead atoms. The fourth-order valence-corrected chi connectivity index (χ4v) is 4.04. The van der Waals surface area contributed by atoms with Crippen LogP contribution < -0.4 is 15.3 Å². The maximum atomic E-state index is 12.9. The first kappa shape index (κ1) is 27.9. The molecule has 1 saturated heterocycles. The van der Waals surface area contributed by atoms with E-state index < -0.39 is 84.7 Å². The molecule has 0 radical (unpaired) electrons. The number of nitrogens with one attached hydrogen (secondary N) is 2. The van der Waals surface area contributed by atoms with Gasteiger partial charge in [-0.05, 0) is 25.0 Å². The summed E-state index contributed by atoms with van der Waals surface area (Å²) in [5.41, 5.74) is -0.739. The quantitative estimate of drug-likeness (QED) is 0.0676. The molecule has 3 rings (SSSR count). The van der Waals surface area contributed by atoms with Gasteiger partial charge < -0.3 is 45.4 Å². The molecule has 2 aliphatic rings. The molecule has 0 aliphatic carbocycles. The molecule has 0 spiro atoms. The van der Waals surface area contributed by atoms with Gasteiger partial charge in [-0.25, -0.2) is 9.18 Å². The number of rotatable bonds is 9. The lowest BCUT2D eigenvalue weighted by molar-refractivity contribution is -0.166. The Hall–Kier alpha value is -3.67. The fourth-order valence-electron chi connectivity index (χ4n) is 4.04. The normalized spacial score (nSPS) is 20.1. The lowest BCUT2D eigenvalue weighted by atomic mass is 9.72. The monoisotopic (exact) mass is 528 g/mol. The highest BCUT2D eigenvalue weighted by Gasteiger charge is 2.42. The minimum Gasteiger partial charge on any atom is -0.534 e. The Kier molecular flexibility index (Phi) is 8.42. The number of alkyl halides is 1. The molecular formula is C20H26BFN4O11. The summed E-state index contributed by atoms with van der Waals surface area (Å²) in [6.07, 6.45) is -3.60. The van der Waals surface area contributed by atoms with Gasteiger partial charge >= 0.3 is 24.9 Å². The number of aromatic carboxylic acids is 1. The SMILES string of the molecule is C[C@@H](O)[C@@H](NC(O)N1CCN(CCF)C(=O)C1=O)C(=O)N[C@H]1Cc2cc(O)c(O)c(C(=O)O)c2OB1O. The predicted octanol–water partition coefficient (Wildman–Crippen LogP) is -3.51. The van der Waals surface area contributed by atoms with Gasteiger partial charge in [-0.3, -0.25) is 24.6 Å². The van der Waals surface area contributed by atoms with Crippen LogP contribution in [0.3, 0.4) is 0 Å². The van der Waals surface area contributed by atoms with Gasteiger partial charge in [0.05, 0.1) is 12.0 Å². The second kappa shape index (κ2) is 11.2. The van der Waals surface area contributed by atoms with Crippen LogP contribution in [0.2, 0.25) is 0 Å². The Morgan fingerprint density at radius 3 is 2.51 bits per heavy atom. The smallest absolute Gasteiger partial charge is 0.534 e. The summed E-state index contributed by atoms with van der Waals surface area (Å²) in [6.45, 7) is -0.199. The van der Waals surface area contributed by atoms with Gasteiger partial charge in [0, 0.05) is 19.6 Å². The number of phenols is 2. The lowest BCUT2D eigenvalue weighted by Crippen LogP contribution is -2.65. The number of carboxylic acid groups (broad SMARTS) is 1. The number of carbonyl (C=O) groups excluding carboxylic acids is 3. The Bertz CT molecular complexity index is 1090. The van der Waals surface area contributed by atoms with Gasteiger partial charge in [-0.15, -0.1) is 0 Å². The number of benzene rings is 1. The van der Waals surface area contributed by atoms with Gasteiger partial charge in [-0.2, -0.15) is 0 Å². The summed E-state index contributed by atoms with van der Waals surface area (Å²) in [5.74, 6) is -8.15. The number of piperazine rings is 1. The van der Waals surface area contributed by atoms with Crippen LogP contribution in [0.5, 0.6) is 17.2 Å². The molecule has 0 saturated carbocycles. The number of phenolic OH excluding ortho intramolecular Hbond substituents is 1. The second-order valence-electron chi connectivity index (χ2n) is 8.48. The summed E-state index contributed by atoms with van der Waals surface area (Å²) in [4.78, 5) is 50.4. The summed E-state index contributed by atoms with van der Waals surface area (Å²) >= 11 is 0. The van der Waals surface area contributed by atoms with Crippen molar-refractivity contribution in [1.82, 2.24) is 20.4 Å². The zero-order chi connectivity index (χ0) is 27.6. The van der Waals surface area contributed by atoms with E-state index in [-0.39, 0.29) is 31.6 Å². The first-order valence-corrected chi connectivity index (χ1v) is 11.1. The number of halogens is 1. The lowest BCUT2D eigenvalue weighted by Gasteiger charge is -2.37. The maximum absolute atomic E-state index is 12.9. The number of aliphatic hydroxyl groups is 2. The number of carbonyl (C=O) groups is 4. The van der Waals surface area contributed by atoms with Crippen LogP contribution in [0, 0.1) is 0 Å². The van der Waals surface area contributed by atoms with Crippen molar-refractivity contribution in [2.45, 2.75) is 37.8 Å². The van der Waals surface area contributed by atoms with Gasteiger partial charge in [0.2, 0.25) is 5.91 Å². The van der Waals surface area contributed by atoms with Crippen LogP contribution in [0.4, 0.5) is 4.39 Å². The summed E-state index contributed by atoms with van der Waals surface area (Å²) in [6, 6.07) is -0.570. The van der Waals surface area contributed by atoms with E-state index in [0.717, 1.165) is 11.0 Å². The molecule has 202 valence electrons. The molecule has 1 aromatic rings.